The number of benzene rings is 2. The van der Waals surface area contributed by atoms with Gasteiger partial charge in [0.05, 0.1) is 5.39 Å². The van der Waals surface area contributed by atoms with E-state index in [0.717, 1.165) is 39.2 Å². The van der Waals surface area contributed by atoms with Gasteiger partial charge in [-0.25, -0.2) is 4.98 Å². The molecule has 4 nitrogen and oxygen atoms in total. The first-order valence-corrected chi connectivity index (χ1v) is 6.41. The summed E-state index contributed by atoms with van der Waals surface area (Å²) in [6.45, 7) is 0.287. The molecule has 0 saturated heterocycles. The highest BCUT2D eigenvalue weighted by Crippen LogP contribution is 2.37. The fraction of sp³-hybridized carbons (Fsp3) is 0.0625. The van der Waals surface area contributed by atoms with E-state index in [-0.39, 0.29) is 6.79 Å². The molecule has 1 aliphatic rings. The average molecular weight is 265 g/mol. The number of hydrogen-bond donors (Lipinski definition) is 1. The summed E-state index contributed by atoms with van der Waals surface area (Å²) in [5.41, 5.74) is 9.90. The van der Waals surface area contributed by atoms with Crippen LogP contribution in [0.1, 0.15) is 0 Å². The van der Waals surface area contributed by atoms with Crippen molar-refractivity contribution in [1.82, 2.24) is 0 Å². The van der Waals surface area contributed by atoms with Gasteiger partial charge in [-0.3, -0.25) is 0 Å². The molecule has 3 N–H and O–H groups in total. The summed E-state index contributed by atoms with van der Waals surface area (Å²) in [7, 11) is 0. The molecule has 1 aliphatic heterocycles. The Morgan fingerprint density at radius 1 is 0.950 bits per heavy atom. The van der Waals surface area contributed by atoms with E-state index in [1.807, 2.05) is 48.7 Å². The van der Waals surface area contributed by atoms with Gasteiger partial charge in [0.15, 0.2) is 17.7 Å². The number of pyridine rings is 1. The number of nitrogens with two attached hydrogens (primary N) is 1. The third-order valence-corrected chi connectivity index (χ3v) is 3.51. The SMILES string of the molecule is Nc1ccc2[nH+]ccc(-c3ccc4c(c3)OCO4)c2c1. The molecule has 0 saturated carbocycles. The Bertz CT molecular complexity index is 815. The minimum atomic E-state index is 0.287. The van der Waals surface area contributed by atoms with Gasteiger partial charge in [-0.15, -0.1) is 0 Å². The Morgan fingerprint density at radius 2 is 1.85 bits per heavy atom. The first-order chi connectivity index (χ1) is 9.81. The van der Waals surface area contributed by atoms with Crippen molar-refractivity contribution in [1.29, 1.82) is 0 Å². The number of H-pyrrole nitrogens is 1. The molecule has 0 unspecified atom stereocenters. The van der Waals surface area contributed by atoms with Crippen molar-refractivity contribution in [2.45, 2.75) is 0 Å². The van der Waals surface area contributed by atoms with E-state index in [0.29, 0.717) is 0 Å². The van der Waals surface area contributed by atoms with Gasteiger partial charge in [0.2, 0.25) is 12.3 Å². The first-order valence-electron chi connectivity index (χ1n) is 6.41. The summed E-state index contributed by atoms with van der Waals surface area (Å²) in [5, 5.41) is 1.09. The number of aromatic nitrogens is 1. The predicted molar refractivity (Wildman–Crippen MR) is 76.5 cm³/mol. The van der Waals surface area contributed by atoms with E-state index >= 15 is 0 Å². The van der Waals surface area contributed by atoms with Crippen LogP contribution in [0.5, 0.6) is 11.5 Å². The van der Waals surface area contributed by atoms with Crippen LogP contribution >= 0.6 is 0 Å². The molecule has 2 heterocycles. The third kappa shape index (κ3) is 1.66. The summed E-state index contributed by atoms with van der Waals surface area (Å²) in [6, 6.07) is 13.9. The summed E-state index contributed by atoms with van der Waals surface area (Å²) < 4.78 is 10.8. The van der Waals surface area contributed by atoms with Gasteiger partial charge >= 0.3 is 0 Å². The minimum Gasteiger partial charge on any atom is -0.454 e. The highest BCUT2D eigenvalue weighted by Gasteiger charge is 2.15. The first kappa shape index (κ1) is 11.1. The lowest BCUT2D eigenvalue weighted by Crippen LogP contribution is -2.03. The Morgan fingerprint density at radius 3 is 2.80 bits per heavy atom. The van der Waals surface area contributed by atoms with Crippen molar-refractivity contribution in [2.75, 3.05) is 12.5 Å². The van der Waals surface area contributed by atoms with Gasteiger partial charge < -0.3 is 15.2 Å². The van der Waals surface area contributed by atoms with Crippen molar-refractivity contribution in [3.8, 4) is 22.6 Å². The second kappa shape index (κ2) is 4.13. The Balaban J connectivity index is 1.96. The van der Waals surface area contributed by atoms with Crippen LogP contribution < -0.4 is 20.2 Å². The minimum absolute atomic E-state index is 0.287. The number of rotatable bonds is 1. The van der Waals surface area contributed by atoms with Gasteiger partial charge in [-0.05, 0) is 29.8 Å². The van der Waals surface area contributed by atoms with Crippen LogP contribution in [-0.2, 0) is 0 Å². The van der Waals surface area contributed by atoms with Gasteiger partial charge in [0.25, 0.3) is 0 Å². The number of anilines is 1. The highest BCUT2D eigenvalue weighted by molar-refractivity contribution is 5.94. The number of aromatic amines is 1. The molecular formula is C16H13N2O2+. The van der Waals surface area contributed by atoms with Gasteiger partial charge in [0.1, 0.15) is 0 Å². The quantitative estimate of drug-likeness (QED) is 0.688. The van der Waals surface area contributed by atoms with Crippen LogP contribution in [0.3, 0.4) is 0 Å². The third-order valence-electron chi connectivity index (χ3n) is 3.51. The fourth-order valence-electron chi connectivity index (χ4n) is 2.53. The zero-order valence-corrected chi connectivity index (χ0v) is 10.7. The van der Waals surface area contributed by atoms with E-state index in [4.69, 9.17) is 15.2 Å². The number of fused-ring (bicyclic) bond motifs is 2. The maximum atomic E-state index is 5.90. The average Bonchev–Trinajstić information content (AvgIpc) is 2.94. The molecule has 2 aromatic carbocycles. The van der Waals surface area contributed by atoms with Crippen LogP contribution in [0.4, 0.5) is 5.69 Å². The van der Waals surface area contributed by atoms with Crippen molar-refractivity contribution in [2.24, 2.45) is 0 Å². The smallest absolute Gasteiger partial charge is 0.231 e. The second-order valence-electron chi connectivity index (χ2n) is 4.76. The molecule has 4 heteroatoms. The molecule has 0 bridgehead atoms. The van der Waals surface area contributed by atoms with E-state index in [1.54, 1.807) is 0 Å². The number of nitrogen functional groups attached to an aromatic ring is 1. The standard InChI is InChI=1S/C16H12N2O2/c17-11-2-3-14-13(8-11)12(5-6-18-14)10-1-4-15-16(7-10)20-9-19-15/h1-8H,9,17H2/p+1. The lowest BCUT2D eigenvalue weighted by Gasteiger charge is -2.05. The molecule has 0 fully saturated rings. The largest absolute Gasteiger partial charge is 0.454 e. The van der Waals surface area contributed by atoms with Crippen LogP contribution in [0, 0.1) is 0 Å². The van der Waals surface area contributed by atoms with Crippen LogP contribution in [0.2, 0.25) is 0 Å². The maximum Gasteiger partial charge on any atom is 0.231 e. The van der Waals surface area contributed by atoms with Crippen LogP contribution in [0.15, 0.2) is 48.7 Å². The zero-order chi connectivity index (χ0) is 13.5. The summed E-state index contributed by atoms with van der Waals surface area (Å²) in [4.78, 5) is 3.23. The van der Waals surface area contributed by atoms with Crippen molar-refractivity contribution in [3.63, 3.8) is 0 Å². The predicted octanol–water partition coefficient (Wildman–Crippen LogP) is 2.63. The molecule has 20 heavy (non-hydrogen) atoms. The highest BCUT2D eigenvalue weighted by atomic mass is 16.7. The summed E-state index contributed by atoms with van der Waals surface area (Å²) >= 11 is 0. The number of nitrogens with one attached hydrogen (secondary N) is 1. The molecule has 0 spiro atoms. The van der Waals surface area contributed by atoms with E-state index < -0.39 is 0 Å². The molecule has 0 radical (unpaired) electrons. The molecule has 3 aromatic rings. The molecule has 98 valence electrons. The van der Waals surface area contributed by atoms with Crippen molar-refractivity contribution in [3.05, 3.63) is 48.7 Å². The summed E-state index contributed by atoms with van der Waals surface area (Å²) in [6.07, 6.45) is 1.93. The number of hydrogen-bond acceptors (Lipinski definition) is 3. The molecule has 1 aromatic heterocycles. The van der Waals surface area contributed by atoms with E-state index in [9.17, 15) is 0 Å². The lowest BCUT2D eigenvalue weighted by atomic mass is 10.0. The molecule has 0 atom stereocenters. The second-order valence-corrected chi connectivity index (χ2v) is 4.76. The summed E-state index contributed by atoms with van der Waals surface area (Å²) in [5.74, 6) is 1.58. The number of ether oxygens (including phenoxy) is 2. The van der Waals surface area contributed by atoms with Gasteiger partial charge in [0, 0.05) is 23.4 Å². The molecule has 0 amide bonds. The Hall–Kier alpha value is -2.75. The zero-order valence-electron chi connectivity index (χ0n) is 10.7. The molecule has 0 aliphatic carbocycles. The van der Waals surface area contributed by atoms with Crippen molar-refractivity contribution >= 4 is 16.6 Å². The lowest BCUT2D eigenvalue weighted by molar-refractivity contribution is -0.344. The van der Waals surface area contributed by atoms with Crippen LogP contribution in [-0.4, -0.2) is 6.79 Å². The van der Waals surface area contributed by atoms with Crippen LogP contribution in [0.25, 0.3) is 22.0 Å². The Labute approximate surface area is 115 Å². The fourth-order valence-corrected chi connectivity index (χ4v) is 2.53. The topological polar surface area (TPSA) is 58.6 Å². The molecule has 4 rings (SSSR count). The Kier molecular flexibility index (Phi) is 2.29. The van der Waals surface area contributed by atoms with Crippen molar-refractivity contribution < 1.29 is 14.5 Å². The monoisotopic (exact) mass is 265 g/mol. The van der Waals surface area contributed by atoms with Gasteiger partial charge in [-0.1, -0.05) is 6.07 Å². The molecular weight excluding hydrogens is 252 g/mol. The van der Waals surface area contributed by atoms with E-state index in [1.165, 1.54) is 0 Å². The normalized spacial score (nSPS) is 12.8. The van der Waals surface area contributed by atoms with E-state index in [2.05, 4.69) is 4.98 Å². The van der Waals surface area contributed by atoms with Gasteiger partial charge in [-0.2, -0.15) is 0 Å². The maximum absolute atomic E-state index is 5.90.